The van der Waals surface area contributed by atoms with Crippen LogP contribution in [0.25, 0.3) is 5.69 Å². The molecule has 1 heterocycles. The highest BCUT2D eigenvalue weighted by Gasteiger charge is 2.13. The predicted octanol–water partition coefficient (Wildman–Crippen LogP) is 3.46. The lowest BCUT2D eigenvalue weighted by atomic mass is 10.3. The van der Waals surface area contributed by atoms with Crippen LogP contribution in [0, 0.1) is 6.92 Å². The molecule has 0 spiro atoms. The van der Waals surface area contributed by atoms with Crippen molar-refractivity contribution in [1.29, 1.82) is 0 Å². The first-order valence-corrected chi connectivity index (χ1v) is 6.92. The Hall–Kier alpha value is -1.17. The van der Waals surface area contributed by atoms with E-state index >= 15 is 0 Å². The number of rotatable bonds is 2. The second-order valence-corrected chi connectivity index (χ2v) is 5.76. The number of thiazole rings is 1. The number of amides is 1. The van der Waals surface area contributed by atoms with E-state index in [0.29, 0.717) is 9.82 Å². The van der Waals surface area contributed by atoms with Gasteiger partial charge in [0.15, 0.2) is 4.80 Å². The molecule has 0 bridgehead atoms. The second-order valence-electron chi connectivity index (χ2n) is 3.72. The van der Waals surface area contributed by atoms with E-state index in [-0.39, 0.29) is 0 Å². The Labute approximate surface area is 122 Å². The molecule has 1 atom stereocenters. The first kappa shape index (κ1) is 14.2. The molecule has 0 radical (unpaired) electrons. The van der Waals surface area contributed by atoms with Crippen molar-refractivity contribution in [3.05, 3.63) is 45.2 Å². The van der Waals surface area contributed by atoms with Gasteiger partial charge >= 0.3 is 0 Å². The molecule has 0 aliphatic rings. The predicted molar refractivity (Wildman–Crippen MR) is 74.7 cm³/mol. The van der Waals surface area contributed by atoms with Crippen molar-refractivity contribution in [2.24, 2.45) is 4.99 Å². The summed E-state index contributed by atoms with van der Waals surface area (Å²) in [6.45, 7) is 1.86. The maximum absolute atomic E-state index is 12.7. The molecule has 2 aromatic rings. The second kappa shape index (κ2) is 5.86. The Morgan fingerprint density at radius 2 is 2.26 bits per heavy atom. The van der Waals surface area contributed by atoms with Gasteiger partial charge in [0.05, 0.1) is 0 Å². The van der Waals surface area contributed by atoms with Gasteiger partial charge < -0.3 is 0 Å². The Morgan fingerprint density at radius 3 is 2.89 bits per heavy atom. The van der Waals surface area contributed by atoms with Crippen LogP contribution < -0.4 is 4.80 Å². The first-order chi connectivity index (χ1) is 8.97. The monoisotopic (exact) mass is 318 g/mol. The number of nitrogens with zero attached hydrogens (tertiary/aromatic N) is 2. The summed E-state index contributed by atoms with van der Waals surface area (Å²) >= 11 is 12.3. The molecule has 0 saturated heterocycles. The summed E-state index contributed by atoms with van der Waals surface area (Å²) in [4.78, 5) is 16.2. The van der Waals surface area contributed by atoms with Crippen molar-refractivity contribution in [3.63, 3.8) is 0 Å². The lowest BCUT2D eigenvalue weighted by Crippen LogP contribution is -2.17. The summed E-state index contributed by atoms with van der Waals surface area (Å²) in [7, 11) is 0. The fourth-order valence-electron chi connectivity index (χ4n) is 1.49. The molecule has 1 unspecified atom stereocenters. The summed E-state index contributed by atoms with van der Waals surface area (Å²) in [5, 5.41) is 0.562. The summed E-state index contributed by atoms with van der Waals surface area (Å²) in [5.74, 6) is -1.01. The van der Waals surface area contributed by atoms with Crippen LogP contribution in [0.4, 0.5) is 4.39 Å². The van der Waals surface area contributed by atoms with Crippen LogP contribution in [0.3, 0.4) is 0 Å². The van der Waals surface area contributed by atoms with Gasteiger partial charge in [0.2, 0.25) is 0 Å². The molecule has 2 rings (SSSR count). The highest BCUT2D eigenvalue weighted by Crippen LogP contribution is 2.15. The lowest BCUT2D eigenvalue weighted by molar-refractivity contribution is -0.120. The maximum atomic E-state index is 12.7. The van der Waals surface area contributed by atoms with Crippen molar-refractivity contribution in [3.8, 4) is 5.69 Å². The smallest absolute Gasteiger partial charge is 0.292 e. The quantitative estimate of drug-likeness (QED) is 0.781. The van der Waals surface area contributed by atoms with Crippen molar-refractivity contribution in [1.82, 2.24) is 4.57 Å². The van der Waals surface area contributed by atoms with Gasteiger partial charge in [-0.2, -0.15) is 4.99 Å². The van der Waals surface area contributed by atoms with Gasteiger partial charge in [-0.05, 0) is 25.1 Å². The third kappa shape index (κ3) is 3.43. The minimum Gasteiger partial charge on any atom is -0.292 e. The summed E-state index contributed by atoms with van der Waals surface area (Å²) < 4.78 is 14.4. The summed E-state index contributed by atoms with van der Waals surface area (Å²) in [5.41, 5.74) is -1.39. The molecule has 0 aliphatic heterocycles. The van der Waals surface area contributed by atoms with Crippen LogP contribution >= 0.6 is 34.5 Å². The van der Waals surface area contributed by atoms with E-state index in [9.17, 15) is 9.18 Å². The molecular weight excluding hydrogens is 310 g/mol. The first-order valence-electron chi connectivity index (χ1n) is 5.29. The average Bonchev–Trinajstić information content (AvgIpc) is 2.70. The highest BCUT2D eigenvalue weighted by molar-refractivity contribution is 7.09. The maximum Gasteiger partial charge on any atom is 0.298 e. The minimum absolute atomic E-state index is 0.355. The number of carbonyl (C=O) groups is 1. The van der Waals surface area contributed by atoms with E-state index in [1.165, 1.54) is 11.3 Å². The van der Waals surface area contributed by atoms with Crippen LogP contribution in [0.5, 0.6) is 0 Å². The van der Waals surface area contributed by atoms with Gasteiger partial charge in [-0.1, -0.05) is 29.3 Å². The van der Waals surface area contributed by atoms with E-state index in [0.717, 1.165) is 10.6 Å². The van der Waals surface area contributed by atoms with Gasteiger partial charge in [0, 0.05) is 21.8 Å². The number of alkyl halides is 2. The molecule has 7 heteroatoms. The zero-order valence-electron chi connectivity index (χ0n) is 9.81. The Bertz CT molecular complexity index is 678. The van der Waals surface area contributed by atoms with Gasteiger partial charge in [-0.15, -0.1) is 11.3 Å². The number of hydrogen-bond donors (Lipinski definition) is 0. The number of carbonyl (C=O) groups excluding carboxylic acids is 1. The Balaban J connectivity index is 2.56. The molecule has 0 fully saturated rings. The molecule has 3 nitrogen and oxygen atoms in total. The minimum atomic E-state index is -2.13. The number of aromatic nitrogens is 1. The normalized spacial score (nSPS) is 13.6. The number of hydrogen-bond acceptors (Lipinski definition) is 2. The van der Waals surface area contributed by atoms with Crippen molar-refractivity contribution >= 4 is 40.4 Å². The third-order valence-corrected chi connectivity index (χ3v) is 3.57. The van der Waals surface area contributed by atoms with Gasteiger partial charge in [-0.25, -0.2) is 4.39 Å². The van der Waals surface area contributed by atoms with Crippen molar-refractivity contribution < 1.29 is 9.18 Å². The summed E-state index contributed by atoms with van der Waals surface area (Å²) in [6.07, 6.45) is 1.80. The van der Waals surface area contributed by atoms with Crippen molar-refractivity contribution in [2.45, 2.75) is 12.6 Å². The molecule has 1 amide bonds. The van der Waals surface area contributed by atoms with E-state index < -0.39 is 11.5 Å². The van der Waals surface area contributed by atoms with Gasteiger partial charge in [0.1, 0.15) is 0 Å². The van der Waals surface area contributed by atoms with Crippen LogP contribution in [0.15, 0.2) is 35.5 Å². The lowest BCUT2D eigenvalue weighted by Gasteiger charge is -2.02. The topological polar surface area (TPSA) is 34.4 Å². The zero-order chi connectivity index (χ0) is 14.0. The number of halogens is 3. The van der Waals surface area contributed by atoms with Gasteiger partial charge in [-0.3, -0.25) is 9.36 Å². The SMILES string of the molecule is Cc1cn(-c2cccc(Cl)c2)c(=NC(=O)C(F)Cl)s1. The molecule has 0 saturated carbocycles. The standard InChI is InChI=1S/C12H9Cl2FN2OS/c1-7-6-17(9-4-2-3-8(13)5-9)12(19-7)16-11(18)10(14)15/h2-6,10H,1H3. The third-order valence-electron chi connectivity index (χ3n) is 2.25. The highest BCUT2D eigenvalue weighted by atomic mass is 35.5. The average molecular weight is 319 g/mol. The van der Waals surface area contributed by atoms with Crippen LogP contribution in [0.1, 0.15) is 4.88 Å². The molecule has 0 N–H and O–H groups in total. The molecule has 19 heavy (non-hydrogen) atoms. The van der Waals surface area contributed by atoms with Crippen LogP contribution in [-0.2, 0) is 4.79 Å². The number of aryl methyl sites for hydroxylation is 1. The van der Waals surface area contributed by atoms with E-state index in [1.807, 2.05) is 13.0 Å². The zero-order valence-corrected chi connectivity index (χ0v) is 12.1. The Kier molecular flexibility index (Phi) is 4.39. The molecular formula is C12H9Cl2FN2OS. The Morgan fingerprint density at radius 1 is 1.53 bits per heavy atom. The molecule has 100 valence electrons. The molecule has 1 aromatic heterocycles. The summed E-state index contributed by atoms with van der Waals surface area (Å²) in [6, 6.07) is 7.06. The van der Waals surface area contributed by atoms with Crippen LogP contribution in [0.2, 0.25) is 5.02 Å². The van der Waals surface area contributed by atoms with Crippen molar-refractivity contribution in [2.75, 3.05) is 0 Å². The fourth-order valence-corrected chi connectivity index (χ4v) is 2.56. The van der Waals surface area contributed by atoms with Gasteiger partial charge in [0.25, 0.3) is 11.5 Å². The molecule has 1 aromatic carbocycles. The van der Waals surface area contributed by atoms with E-state index in [4.69, 9.17) is 23.2 Å². The fraction of sp³-hybridized carbons (Fsp3) is 0.167. The largest absolute Gasteiger partial charge is 0.298 e. The van der Waals surface area contributed by atoms with Crippen LogP contribution in [-0.4, -0.2) is 16.1 Å². The van der Waals surface area contributed by atoms with E-state index in [2.05, 4.69) is 4.99 Å². The van der Waals surface area contributed by atoms with E-state index in [1.54, 1.807) is 29.0 Å². The molecule has 0 aliphatic carbocycles. The number of benzene rings is 1.